The lowest BCUT2D eigenvalue weighted by molar-refractivity contribution is 0.480. The Balaban J connectivity index is 1.83. The third kappa shape index (κ3) is 3.75. The van der Waals surface area contributed by atoms with E-state index in [1.807, 2.05) is 0 Å². The number of hydrogen-bond acceptors (Lipinski definition) is 5. The number of aromatic nitrogens is 1. The van der Waals surface area contributed by atoms with Gasteiger partial charge in [-0.25, -0.2) is 17.8 Å². The summed E-state index contributed by atoms with van der Waals surface area (Å²) in [6, 6.07) is 12.7. The summed E-state index contributed by atoms with van der Waals surface area (Å²) >= 11 is 1.02. The molecular weight excluding hydrogens is 373 g/mol. The van der Waals surface area contributed by atoms with E-state index in [0.717, 1.165) is 16.9 Å². The fourth-order valence-corrected chi connectivity index (χ4v) is 4.49. The maximum Gasteiger partial charge on any atom is 0.272 e. The lowest BCUT2D eigenvalue weighted by atomic mass is 10.2. The topological polar surface area (TPSA) is 56.3 Å². The molecule has 2 aromatic carbocycles. The van der Waals surface area contributed by atoms with E-state index in [4.69, 9.17) is 15.4 Å². The number of rotatable bonds is 4. The highest BCUT2D eigenvalue weighted by molar-refractivity contribution is 8.15. The molecule has 0 aliphatic rings. The van der Waals surface area contributed by atoms with Crippen molar-refractivity contribution in [3.8, 4) is 22.1 Å². The van der Waals surface area contributed by atoms with Gasteiger partial charge in [-0.15, -0.1) is 11.3 Å². The van der Waals surface area contributed by atoms with E-state index in [1.54, 1.807) is 31.2 Å². The van der Waals surface area contributed by atoms with Crippen molar-refractivity contribution in [1.82, 2.24) is 4.98 Å². The number of nitrogens with zero attached hydrogens (tertiary/aromatic N) is 1. The number of aryl methyl sites for hydroxylation is 1. The molecule has 0 aliphatic carbocycles. The molecule has 0 fully saturated rings. The highest BCUT2D eigenvalue weighted by atomic mass is 35.7. The summed E-state index contributed by atoms with van der Waals surface area (Å²) in [6.45, 7) is 1.60. The van der Waals surface area contributed by atoms with Crippen LogP contribution in [-0.2, 0) is 9.05 Å². The minimum absolute atomic E-state index is 0.0470. The number of benzene rings is 2. The van der Waals surface area contributed by atoms with E-state index in [0.29, 0.717) is 22.2 Å². The van der Waals surface area contributed by atoms with Crippen LogP contribution in [0.1, 0.15) is 5.69 Å². The average Bonchev–Trinajstić information content (AvgIpc) is 2.92. The zero-order valence-corrected chi connectivity index (χ0v) is 14.8. The van der Waals surface area contributed by atoms with Gasteiger partial charge in [-0.2, -0.15) is 0 Å². The van der Waals surface area contributed by atoms with Crippen LogP contribution in [0.25, 0.3) is 10.6 Å². The van der Waals surface area contributed by atoms with Crippen molar-refractivity contribution in [1.29, 1.82) is 0 Å². The van der Waals surface area contributed by atoms with E-state index in [-0.39, 0.29) is 10.0 Å². The van der Waals surface area contributed by atoms with E-state index < -0.39 is 9.05 Å². The fourth-order valence-electron chi connectivity index (χ4n) is 2.04. The van der Waals surface area contributed by atoms with Crippen molar-refractivity contribution < 1.29 is 17.5 Å². The van der Waals surface area contributed by atoms with Crippen LogP contribution in [0.3, 0.4) is 0 Å². The Morgan fingerprint density at radius 3 is 2.08 bits per heavy atom. The van der Waals surface area contributed by atoms with Crippen LogP contribution >= 0.6 is 22.0 Å². The highest BCUT2D eigenvalue weighted by Gasteiger charge is 2.19. The first-order valence-electron chi connectivity index (χ1n) is 6.79. The summed E-state index contributed by atoms with van der Waals surface area (Å²) in [4.78, 5) is 4.24. The van der Waals surface area contributed by atoms with Crippen molar-refractivity contribution in [2.45, 2.75) is 11.1 Å². The van der Waals surface area contributed by atoms with Gasteiger partial charge in [0.1, 0.15) is 22.3 Å². The summed E-state index contributed by atoms with van der Waals surface area (Å²) in [7, 11) is 1.59. The Labute approximate surface area is 146 Å². The molecule has 8 heteroatoms. The van der Waals surface area contributed by atoms with E-state index >= 15 is 0 Å². The van der Waals surface area contributed by atoms with Gasteiger partial charge in [0.05, 0.1) is 5.69 Å². The summed E-state index contributed by atoms with van der Waals surface area (Å²) in [6.07, 6.45) is 0. The van der Waals surface area contributed by atoms with Crippen LogP contribution in [0.5, 0.6) is 11.5 Å². The lowest BCUT2D eigenvalue weighted by Gasteiger charge is -2.06. The van der Waals surface area contributed by atoms with Crippen LogP contribution in [0.2, 0.25) is 0 Å². The Bertz CT molecular complexity index is 968. The molecule has 0 spiro atoms. The molecule has 1 heterocycles. The van der Waals surface area contributed by atoms with Gasteiger partial charge in [0, 0.05) is 16.2 Å². The molecule has 0 saturated heterocycles. The van der Waals surface area contributed by atoms with Gasteiger partial charge in [-0.3, -0.25) is 0 Å². The first-order valence-corrected chi connectivity index (χ1v) is 9.91. The Morgan fingerprint density at radius 2 is 1.58 bits per heavy atom. The normalized spacial score (nSPS) is 11.5. The minimum atomic E-state index is -3.80. The lowest BCUT2D eigenvalue weighted by Crippen LogP contribution is -1.88. The van der Waals surface area contributed by atoms with Crippen molar-refractivity contribution in [2.75, 3.05) is 0 Å². The summed E-state index contributed by atoms with van der Waals surface area (Å²) < 4.78 is 41.5. The number of thiazole rings is 1. The second kappa shape index (κ2) is 6.51. The molecule has 1 aromatic heterocycles. The second-order valence-corrected chi connectivity index (χ2v) is 8.67. The van der Waals surface area contributed by atoms with Gasteiger partial charge in [0.15, 0.2) is 4.21 Å². The molecule has 3 aromatic rings. The van der Waals surface area contributed by atoms with E-state index in [1.165, 1.54) is 24.3 Å². The third-order valence-electron chi connectivity index (χ3n) is 3.13. The Hall–Kier alpha value is -1.96. The zero-order chi connectivity index (χ0) is 17.3. The maximum absolute atomic E-state index is 12.9. The molecule has 0 aliphatic heterocycles. The van der Waals surface area contributed by atoms with Crippen LogP contribution in [-0.4, -0.2) is 13.4 Å². The second-order valence-electron chi connectivity index (χ2n) is 4.91. The highest BCUT2D eigenvalue weighted by Crippen LogP contribution is 2.34. The maximum atomic E-state index is 12.9. The molecule has 0 radical (unpaired) electrons. The molecule has 4 nitrogen and oxygen atoms in total. The first-order chi connectivity index (χ1) is 11.3. The third-order valence-corrected chi connectivity index (χ3v) is 6.51. The van der Waals surface area contributed by atoms with Crippen LogP contribution in [0, 0.1) is 12.7 Å². The molecule has 0 saturated carbocycles. The van der Waals surface area contributed by atoms with Gasteiger partial charge in [-0.05, 0) is 55.5 Å². The SMILES string of the molecule is Cc1nc(-c2ccc(Oc3ccc(F)cc3)cc2)sc1S(=O)(=O)Cl. The first kappa shape index (κ1) is 16.9. The van der Waals surface area contributed by atoms with Gasteiger partial charge in [0.25, 0.3) is 9.05 Å². The zero-order valence-electron chi connectivity index (χ0n) is 12.4. The number of ether oxygens (including phenoxy) is 1. The molecule has 0 bridgehead atoms. The molecular formula is C16H11ClFNO3S2. The Kier molecular flexibility index (Phi) is 4.58. The molecule has 0 amide bonds. The van der Waals surface area contributed by atoms with Gasteiger partial charge in [-0.1, -0.05) is 0 Å². The number of halogens is 2. The predicted molar refractivity (Wildman–Crippen MR) is 91.8 cm³/mol. The molecule has 124 valence electrons. The van der Waals surface area contributed by atoms with Crippen LogP contribution in [0.4, 0.5) is 4.39 Å². The largest absolute Gasteiger partial charge is 0.457 e. The van der Waals surface area contributed by atoms with Crippen molar-refractivity contribution >= 4 is 31.1 Å². The molecule has 0 N–H and O–H groups in total. The average molecular weight is 384 g/mol. The van der Waals surface area contributed by atoms with Crippen LogP contribution in [0.15, 0.2) is 52.7 Å². The predicted octanol–water partition coefficient (Wildman–Crippen LogP) is 4.98. The summed E-state index contributed by atoms with van der Waals surface area (Å²) in [5, 5.41) is 0.556. The molecule has 3 rings (SSSR count). The summed E-state index contributed by atoms with van der Waals surface area (Å²) in [5.74, 6) is 0.760. The van der Waals surface area contributed by atoms with Crippen LogP contribution < -0.4 is 4.74 Å². The van der Waals surface area contributed by atoms with Gasteiger partial charge >= 0.3 is 0 Å². The monoisotopic (exact) mass is 383 g/mol. The smallest absolute Gasteiger partial charge is 0.272 e. The van der Waals surface area contributed by atoms with Gasteiger partial charge in [0.2, 0.25) is 0 Å². The molecule has 0 unspecified atom stereocenters. The Morgan fingerprint density at radius 1 is 1.04 bits per heavy atom. The van der Waals surface area contributed by atoms with Crippen molar-refractivity contribution in [2.24, 2.45) is 0 Å². The molecule has 0 atom stereocenters. The molecule has 24 heavy (non-hydrogen) atoms. The van der Waals surface area contributed by atoms with Gasteiger partial charge < -0.3 is 4.74 Å². The minimum Gasteiger partial charge on any atom is -0.457 e. The fraction of sp³-hybridized carbons (Fsp3) is 0.0625. The van der Waals surface area contributed by atoms with Crippen molar-refractivity contribution in [3.05, 3.63) is 60.0 Å². The summed E-state index contributed by atoms with van der Waals surface area (Å²) in [5.41, 5.74) is 1.12. The van der Waals surface area contributed by atoms with E-state index in [2.05, 4.69) is 4.98 Å². The standard InChI is InChI=1S/C16H11ClFNO3S2/c1-10-16(24(17,20)21)23-15(19-10)11-2-6-13(7-3-11)22-14-8-4-12(18)5-9-14/h2-9H,1H3. The van der Waals surface area contributed by atoms with Crippen molar-refractivity contribution in [3.63, 3.8) is 0 Å². The quantitative estimate of drug-likeness (QED) is 0.596. The van der Waals surface area contributed by atoms with E-state index in [9.17, 15) is 12.8 Å². The number of hydrogen-bond donors (Lipinski definition) is 0.